The fourth-order valence-corrected chi connectivity index (χ4v) is 6.11. The molecule has 222 valence electrons. The van der Waals surface area contributed by atoms with Crippen LogP contribution in [0.1, 0.15) is 63.8 Å². The van der Waals surface area contributed by atoms with Crippen molar-refractivity contribution in [2.24, 2.45) is 0 Å². The van der Waals surface area contributed by atoms with E-state index >= 15 is 0 Å². The minimum Gasteiger partial charge on any atom is -0.279 e. The van der Waals surface area contributed by atoms with Crippen molar-refractivity contribution >= 4 is 32.7 Å². The predicted octanol–water partition coefficient (Wildman–Crippen LogP) is 10.2. The van der Waals surface area contributed by atoms with Gasteiger partial charge in [0, 0.05) is 9.13 Å². The molecule has 0 aliphatic heterocycles. The van der Waals surface area contributed by atoms with E-state index in [1.54, 1.807) is 0 Å². The fourth-order valence-electron chi connectivity index (χ4n) is 5.03. The van der Waals surface area contributed by atoms with E-state index in [0.717, 1.165) is 6.42 Å². The molecule has 0 atom stereocenters. The summed E-state index contributed by atoms with van der Waals surface area (Å²) < 4.78 is 58.9. The van der Waals surface area contributed by atoms with Gasteiger partial charge in [-0.1, -0.05) is 114 Å². The molecule has 0 aromatic heterocycles. The van der Waals surface area contributed by atoms with E-state index in [9.17, 15) is 13.2 Å². The standard InChI is InChI=1S/C33H33I.CHF3O3S/c1-32(2,3)24-15-11-21(12-16-24)27-20-28-26-10-8-7-9-23(26)19-29(28)31(34)30(27)22-13-17-25(18-14-22)33(4,5)6;2-1(3,4)8(5,6)7/h7-18,20H,19H2,1-6H3;(H,5,6,7). The summed E-state index contributed by atoms with van der Waals surface area (Å²) in [4.78, 5) is 0. The normalized spacial score (nSPS) is 13.2. The van der Waals surface area contributed by atoms with E-state index < -0.39 is 15.6 Å². The molecular weight excluding hydrogens is 672 g/mol. The van der Waals surface area contributed by atoms with Crippen LogP contribution in [0.25, 0.3) is 33.4 Å². The first-order valence-corrected chi connectivity index (χ1v) is 16.0. The van der Waals surface area contributed by atoms with Crippen molar-refractivity contribution < 1.29 is 26.1 Å². The minimum absolute atomic E-state index is 0.148. The highest BCUT2D eigenvalue weighted by Gasteiger charge is 2.44. The molecule has 3 nitrogen and oxygen atoms in total. The molecule has 0 spiro atoms. The SMILES string of the molecule is CC(C)(C)c1ccc(-c2cc3c(c(I)c2-c2ccc(C(C)(C)C)cc2)Cc2ccccc2-3)cc1.O=S(=O)(O)C(F)(F)F. The Labute approximate surface area is 260 Å². The van der Waals surface area contributed by atoms with E-state index in [-0.39, 0.29) is 10.8 Å². The Kier molecular flexibility index (Phi) is 8.77. The average Bonchev–Trinajstić information content (AvgIpc) is 3.26. The maximum atomic E-state index is 10.7. The van der Waals surface area contributed by atoms with Crippen molar-refractivity contribution in [3.05, 3.63) is 105 Å². The number of rotatable bonds is 2. The predicted molar refractivity (Wildman–Crippen MR) is 173 cm³/mol. The molecule has 0 saturated carbocycles. The first-order chi connectivity index (χ1) is 19.3. The lowest BCUT2D eigenvalue weighted by molar-refractivity contribution is -0.0510. The number of halogens is 4. The van der Waals surface area contributed by atoms with Crippen LogP contribution >= 0.6 is 22.6 Å². The molecule has 0 bridgehead atoms. The van der Waals surface area contributed by atoms with Crippen LogP contribution in [0.3, 0.4) is 0 Å². The van der Waals surface area contributed by atoms with E-state index in [1.807, 2.05) is 0 Å². The number of hydrogen-bond acceptors (Lipinski definition) is 2. The van der Waals surface area contributed by atoms with Crippen LogP contribution in [0, 0.1) is 3.57 Å². The van der Waals surface area contributed by atoms with Crippen molar-refractivity contribution in [3.8, 4) is 33.4 Å². The summed E-state index contributed by atoms with van der Waals surface area (Å²) >= 11 is 2.61. The molecule has 1 aliphatic carbocycles. The highest BCUT2D eigenvalue weighted by Crippen LogP contribution is 2.47. The van der Waals surface area contributed by atoms with Crippen LogP contribution < -0.4 is 0 Å². The third-order valence-corrected chi connectivity index (χ3v) is 9.21. The quantitative estimate of drug-likeness (QED) is 0.113. The Morgan fingerprint density at radius 1 is 0.690 bits per heavy atom. The topological polar surface area (TPSA) is 54.4 Å². The summed E-state index contributed by atoms with van der Waals surface area (Å²) in [6.07, 6.45) is 1.01. The summed E-state index contributed by atoms with van der Waals surface area (Å²) in [7, 11) is -5.84. The molecule has 0 heterocycles. The van der Waals surface area contributed by atoms with Crippen molar-refractivity contribution in [3.63, 3.8) is 0 Å². The van der Waals surface area contributed by atoms with Crippen LogP contribution in [0.5, 0.6) is 0 Å². The molecule has 4 aromatic rings. The van der Waals surface area contributed by atoms with Crippen molar-refractivity contribution in [2.75, 3.05) is 0 Å². The molecule has 1 aliphatic rings. The number of benzene rings is 4. The zero-order valence-corrected chi connectivity index (χ0v) is 27.4. The van der Waals surface area contributed by atoms with Crippen LogP contribution in [0.15, 0.2) is 78.9 Å². The van der Waals surface area contributed by atoms with Gasteiger partial charge in [0.05, 0.1) is 0 Å². The molecule has 5 rings (SSSR count). The Hall–Kier alpha value is -2.69. The van der Waals surface area contributed by atoms with Crippen LogP contribution in [0.2, 0.25) is 0 Å². The molecule has 0 unspecified atom stereocenters. The monoisotopic (exact) mass is 706 g/mol. The second-order valence-corrected chi connectivity index (χ2v) is 15.0. The zero-order valence-electron chi connectivity index (χ0n) is 24.4. The van der Waals surface area contributed by atoms with Gasteiger partial charge in [0.15, 0.2) is 0 Å². The number of hydrogen-bond donors (Lipinski definition) is 1. The largest absolute Gasteiger partial charge is 0.522 e. The molecule has 1 N–H and O–H groups in total. The average molecular weight is 707 g/mol. The van der Waals surface area contributed by atoms with Gasteiger partial charge < -0.3 is 0 Å². The second-order valence-electron chi connectivity index (χ2n) is 12.5. The Morgan fingerprint density at radius 3 is 1.60 bits per heavy atom. The highest BCUT2D eigenvalue weighted by molar-refractivity contribution is 14.1. The van der Waals surface area contributed by atoms with Gasteiger partial charge in [-0.2, -0.15) is 21.6 Å². The van der Waals surface area contributed by atoms with Crippen LogP contribution in [0.4, 0.5) is 13.2 Å². The van der Waals surface area contributed by atoms with Crippen LogP contribution in [-0.4, -0.2) is 18.5 Å². The molecule has 0 amide bonds. The summed E-state index contributed by atoms with van der Waals surface area (Å²) in [6.45, 7) is 13.7. The van der Waals surface area contributed by atoms with Gasteiger partial charge in [0.25, 0.3) is 0 Å². The third kappa shape index (κ3) is 6.76. The van der Waals surface area contributed by atoms with Gasteiger partial charge in [-0.05, 0) is 96.0 Å². The lowest BCUT2D eigenvalue weighted by Gasteiger charge is -2.22. The summed E-state index contributed by atoms with van der Waals surface area (Å²) in [5.41, 5.74) is 8.45. The number of alkyl halides is 3. The summed E-state index contributed by atoms with van der Waals surface area (Å²) in [6, 6.07) is 29.8. The molecule has 0 radical (unpaired) electrons. The second kappa shape index (κ2) is 11.4. The Bertz CT molecular complexity index is 1710. The van der Waals surface area contributed by atoms with Crippen molar-refractivity contribution in [2.45, 2.75) is 64.3 Å². The van der Waals surface area contributed by atoms with Gasteiger partial charge in [-0.15, -0.1) is 0 Å². The van der Waals surface area contributed by atoms with Crippen molar-refractivity contribution in [1.82, 2.24) is 0 Å². The summed E-state index contributed by atoms with van der Waals surface area (Å²) in [5.74, 6) is 0. The lowest BCUT2D eigenvalue weighted by Crippen LogP contribution is -2.21. The first-order valence-electron chi connectivity index (χ1n) is 13.5. The van der Waals surface area contributed by atoms with Gasteiger partial charge in [0.2, 0.25) is 0 Å². The number of fused-ring (bicyclic) bond motifs is 3. The summed E-state index contributed by atoms with van der Waals surface area (Å²) in [5, 5.41) is 0. The van der Waals surface area contributed by atoms with E-state index in [0.29, 0.717) is 0 Å². The Balaban J connectivity index is 0.000000446. The van der Waals surface area contributed by atoms with Gasteiger partial charge >= 0.3 is 15.6 Å². The highest BCUT2D eigenvalue weighted by atomic mass is 127. The van der Waals surface area contributed by atoms with Crippen LogP contribution in [-0.2, 0) is 27.4 Å². The molecule has 4 aromatic carbocycles. The maximum Gasteiger partial charge on any atom is 0.522 e. The Morgan fingerprint density at radius 2 is 1.14 bits per heavy atom. The fraction of sp³-hybridized carbons (Fsp3) is 0.294. The molecular formula is C34H34F3IO3S. The minimum atomic E-state index is -5.84. The lowest BCUT2D eigenvalue weighted by atomic mass is 9.83. The van der Waals surface area contributed by atoms with Gasteiger partial charge in [-0.3, -0.25) is 4.55 Å². The molecule has 0 fully saturated rings. The van der Waals surface area contributed by atoms with E-state index in [2.05, 4.69) is 143 Å². The first kappa shape index (κ1) is 32.2. The van der Waals surface area contributed by atoms with E-state index in [4.69, 9.17) is 13.0 Å². The molecule has 0 saturated heterocycles. The maximum absolute atomic E-state index is 10.7. The van der Waals surface area contributed by atoms with Crippen molar-refractivity contribution in [1.29, 1.82) is 0 Å². The molecule has 8 heteroatoms. The third-order valence-electron chi connectivity index (χ3n) is 7.44. The van der Waals surface area contributed by atoms with E-state index in [1.165, 1.54) is 59.2 Å². The van der Waals surface area contributed by atoms with Gasteiger partial charge in [0.1, 0.15) is 0 Å². The zero-order chi connectivity index (χ0) is 31.3. The van der Waals surface area contributed by atoms with Gasteiger partial charge in [-0.25, -0.2) is 0 Å². The smallest absolute Gasteiger partial charge is 0.279 e. The molecule has 42 heavy (non-hydrogen) atoms.